The first-order valence-corrected chi connectivity index (χ1v) is 15.2. The van der Waals surface area contributed by atoms with E-state index in [9.17, 15) is 9.59 Å². The fraction of sp³-hybridized carbons (Fsp3) is 0.219. The van der Waals surface area contributed by atoms with Gasteiger partial charge < -0.3 is 14.8 Å². The van der Waals surface area contributed by atoms with E-state index in [1.807, 2.05) is 94.7 Å². The Morgan fingerprint density at radius 2 is 1.73 bits per heavy atom. The van der Waals surface area contributed by atoms with E-state index in [1.54, 1.807) is 0 Å². The lowest BCUT2D eigenvalue weighted by Crippen LogP contribution is -2.31. The van der Waals surface area contributed by atoms with Gasteiger partial charge in [0.05, 0.1) is 24.0 Å². The minimum absolute atomic E-state index is 0.0567. The zero-order valence-corrected chi connectivity index (χ0v) is 24.0. The molecule has 5 aromatic rings. The molecule has 0 spiro atoms. The molecule has 0 saturated heterocycles. The highest BCUT2D eigenvalue weighted by molar-refractivity contribution is 7.12. The SMILES string of the molecule is CCCN(Cc1cccn1Cc1nc(C(=O)NC(Cc2ccccc2)c2ccccc2)cs1)C(=O)c1cccs1. The maximum absolute atomic E-state index is 13.3. The molecule has 6 nitrogen and oxygen atoms in total. The average molecular weight is 569 g/mol. The van der Waals surface area contributed by atoms with E-state index in [0.717, 1.165) is 33.1 Å². The molecular weight excluding hydrogens is 537 g/mol. The topological polar surface area (TPSA) is 67.2 Å². The van der Waals surface area contributed by atoms with Gasteiger partial charge in [0, 0.05) is 23.8 Å². The second kappa shape index (κ2) is 13.4. The number of amides is 2. The van der Waals surface area contributed by atoms with Crippen LogP contribution in [0.4, 0.5) is 0 Å². The summed E-state index contributed by atoms with van der Waals surface area (Å²) in [5.41, 5.74) is 3.67. The first-order valence-electron chi connectivity index (χ1n) is 13.4. The second-order valence-electron chi connectivity index (χ2n) is 9.58. The maximum atomic E-state index is 13.3. The fourth-order valence-electron chi connectivity index (χ4n) is 4.67. The molecule has 0 aliphatic rings. The van der Waals surface area contributed by atoms with Crippen LogP contribution in [0.5, 0.6) is 0 Å². The first-order chi connectivity index (χ1) is 19.6. The quantitative estimate of drug-likeness (QED) is 0.180. The van der Waals surface area contributed by atoms with E-state index in [2.05, 4.69) is 33.9 Å². The third-order valence-corrected chi connectivity index (χ3v) is 8.36. The van der Waals surface area contributed by atoms with E-state index < -0.39 is 0 Å². The smallest absolute Gasteiger partial charge is 0.271 e. The number of aromatic nitrogens is 2. The third kappa shape index (κ3) is 6.94. The molecule has 204 valence electrons. The van der Waals surface area contributed by atoms with Crippen LogP contribution in [0, 0.1) is 0 Å². The summed E-state index contributed by atoms with van der Waals surface area (Å²) < 4.78 is 2.10. The van der Waals surface area contributed by atoms with E-state index in [-0.39, 0.29) is 17.9 Å². The van der Waals surface area contributed by atoms with Crippen molar-refractivity contribution >= 4 is 34.5 Å². The lowest BCUT2D eigenvalue weighted by atomic mass is 9.99. The Hall–Kier alpha value is -4.01. The number of rotatable bonds is 12. The highest BCUT2D eigenvalue weighted by Gasteiger charge is 2.20. The molecular formula is C32H32N4O2S2. The van der Waals surface area contributed by atoms with Gasteiger partial charge in [-0.3, -0.25) is 9.59 Å². The summed E-state index contributed by atoms with van der Waals surface area (Å²) in [6, 6.07) is 27.9. The molecule has 0 fully saturated rings. The summed E-state index contributed by atoms with van der Waals surface area (Å²) in [5.74, 6) is -0.128. The maximum Gasteiger partial charge on any atom is 0.271 e. The number of hydrogen-bond acceptors (Lipinski definition) is 5. The van der Waals surface area contributed by atoms with Crippen LogP contribution in [-0.2, 0) is 19.5 Å². The van der Waals surface area contributed by atoms with Crippen molar-refractivity contribution < 1.29 is 9.59 Å². The minimum Gasteiger partial charge on any atom is -0.344 e. The van der Waals surface area contributed by atoms with E-state index >= 15 is 0 Å². The minimum atomic E-state index is -0.185. The molecule has 2 amide bonds. The third-order valence-electron chi connectivity index (χ3n) is 6.67. The summed E-state index contributed by atoms with van der Waals surface area (Å²) in [5, 5.41) is 7.80. The molecule has 3 heterocycles. The molecule has 0 bridgehead atoms. The molecule has 1 atom stereocenters. The van der Waals surface area contributed by atoms with Crippen LogP contribution in [-0.4, -0.2) is 32.8 Å². The normalized spacial score (nSPS) is 11.7. The summed E-state index contributed by atoms with van der Waals surface area (Å²) in [6.07, 6.45) is 3.58. The van der Waals surface area contributed by atoms with Crippen molar-refractivity contribution in [3.8, 4) is 0 Å². The molecule has 8 heteroatoms. The van der Waals surface area contributed by atoms with E-state index in [1.165, 1.54) is 22.7 Å². The van der Waals surface area contributed by atoms with Crippen LogP contribution >= 0.6 is 22.7 Å². The van der Waals surface area contributed by atoms with Gasteiger partial charge in [-0.1, -0.05) is 73.7 Å². The van der Waals surface area contributed by atoms with Crippen molar-refractivity contribution in [1.29, 1.82) is 0 Å². The number of nitrogens with one attached hydrogen (secondary N) is 1. The molecule has 0 aliphatic heterocycles. The summed E-state index contributed by atoms with van der Waals surface area (Å²) in [7, 11) is 0. The van der Waals surface area contributed by atoms with Gasteiger partial charge in [-0.25, -0.2) is 4.98 Å². The Morgan fingerprint density at radius 1 is 0.950 bits per heavy atom. The second-order valence-corrected chi connectivity index (χ2v) is 11.5. The number of benzene rings is 2. The zero-order valence-electron chi connectivity index (χ0n) is 22.4. The number of carbonyl (C=O) groups is 2. The average Bonchev–Trinajstić information content (AvgIpc) is 3.77. The molecule has 0 aliphatic carbocycles. The van der Waals surface area contributed by atoms with Gasteiger partial charge in [0.15, 0.2) is 0 Å². The summed E-state index contributed by atoms with van der Waals surface area (Å²) in [4.78, 5) is 33.7. The first kappa shape index (κ1) is 27.6. The lowest BCUT2D eigenvalue weighted by molar-refractivity contribution is 0.0744. The van der Waals surface area contributed by atoms with Gasteiger partial charge in [0.1, 0.15) is 10.7 Å². The van der Waals surface area contributed by atoms with Gasteiger partial charge in [-0.15, -0.1) is 22.7 Å². The standard InChI is InChI=1S/C32H32N4O2S2/c1-2-17-36(32(38)29-16-10-19-39-29)21-26-15-9-18-35(26)22-30-33-28(23-40-30)31(37)34-27(25-13-7-4-8-14-25)20-24-11-5-3-6-12-24/h3-16,18-19,23,27H,2,17,20-22H2,1H3,(H,34,37). The van der Waals surface area contributed by atoms with Crippen molar-refractivity contribution in [3.63, 3.8) is 0 Å². The Balaban J connectivity index is 1.27. The highest BCUT2D eigenvalue weighted by Crippen LogP contribution is 2.21. The van der Waals surface area contributed by atoms with E-state index in [0.29, 0.717) is 31.7 Å². The van der Waals surface area contributed by atoms with E-state index in [4.69, 9.17) is 0 Å². The van der Waals surface area contributed by atoms with Crippen LogP contribution in [0.3, 0.4) is 0 Å². The Labute approximate surface area is 242 Å². The summed E-state index contributed by atoms with van der Waals surface area (Å²) in [6.45, 7) is 3.83. The molecule has 3 aromatic heterocycles. The molecule has 1 unspecified atom stereocenters. The largest absolute Gasteiger partial charge is 0.344 e. The number of thiazole rings is 1. The fourth-order valence-corrected chi connectivity index (χ4v) is 6.14. The zero-order chi connectivity index (χ0) is 27.7. The highest BCUT2D eigenvalue weighted by atomic mass is 32.1. The van der Waals surface area contributed by atoms with Crippen molar-refractivity contribution in [2.45, 2.75) is 38.9 Å². The number of hydrogen-bond donors (Lipinski definition) is 1. The van der Waals surface area contributed by atoms with Gasteiger partial charge in [-0.05, 0) is 47.5 Å². The Morgan fingerprint density at radius 3 is 2.45 bits per heavy atom. The van der Waals surface area contributed by atoms with Crippen LogP contribution in [0.15, 0.2) is 102 Å². The van der Waals surface area contributed by atoms with Gasteiger partial charge in [0.25, 0.3) is 11.8 Å². The van der Waals surface area contributed by atoms with Crippen molar-refractivity contribution in [3.05, 3.63) is 134 Å². The van der Waals surface area contributed by atoms with Crippen molar-refractivity contribution in [2.75, 3.05) is 6.54 Å². The Bertz CT molecular complexity index is 1510. The number of carbonyl (C=O) groups excluding carboxylic acids is 2. The molecule has 2 aromatic carbocycles. The number of nitrogens with zero attached hydrogens (tertiary/aromatic N) is 3. The monoisotopic (exact) mass is 568 g/mol. The van der Waals surface area contributed by atoms with Crippen LogP contribution < -0.4 is 5.32 Å². The van der Waals surface area contributed by atoms with Crippen LogP contribution in [0.25, 0.3) is 0 Å². The van der Waals surface area contributed by atoms with Gasteiger partial charge in [0.2, 0.25) is 0 Å². The molecule has 0 saturated carbocycles. The van der Waals surface area contributed by atoms with Gasteiger partial charge >= 0.3 is 0 Å². The predicted molar refractivity (Wildman–Crippen MR) is 162 cm³/mol. The number of thiophene rings is 1. The predicted octanol–water partition coefficient (Wildman–Crippen LogP) is 6.82. The lowest BCUT2D eigenvalue weighted by Gasteiger charge is -2.22. The van der Waals surface area contributed by atoms with Crippen molar-refractivity contribution in [1.82, 2.24) is 19.8 Å². The molecule has 40 heavy (non-hydrogen) atoms. The van der Waals surface area contributed by atoms with Crippen LogP contribution in [0.2, 0.25) is 0 Å². The Kier molecular flexibility index (Phi) is 9.21. The molecule has 0 radical (unpaired) electrons. The van der Waals surface area contributed by atoms with Crippen molar-refractivity contribution in [2.24, 2.45) is 0 Å². The van der Waals surface area contributed by atoms with Gasteiger partial charge in [-0.2, -0.15) is 0 Å². The summed E-state index contributed by atoms with van der Waals surface area (Å²) >= 11 is 2.94. The molecule has 1 N–H and O–H groups in total. The molecule has 5 rings (SSSR count). The van der Waals surface area contributed by atoms with Crippen LogP contribution in [0.1, 0.15) is 61.4 Å².